The molecular weight excluding hydrogens is 428 g/mol. The quantitative estimate of drug-likeness (QED) is 0.341. The van der Waals surface area contributed by atoms with Gasteiger partial charge in [0.25, 0.3) is 11.7 Å². The number of ketones is 1. The van der Waals surface area contributed by atoms with Crippen molar-refractivity contribution >= 4 is 29.1 Å². The summed E-state index contributed by atoms with van der Waals surface area (Å²) < 4.78 is 5.24. The minimum atomic E-state index is -0.711. The number of rotatable bonds is 9. The summed E-state index contributed by atoms with van der Waals surface area (Å²) in [5.41, 5.74) is 1.16. The number of carbonyl (C=O) groups excluding carboxylic acids is 2. The van der Waals surface area contributed by atoms with E-state index in [-0.39, 0.29) is 11.3 Å². The van der Waals surface area contributed by atoms with Gasteiger partial charge < -0.3 is 19.6 Å². The second-order valence-electron chi connectivity index (χ2n) is 7.66. The zero-order valence-electron chi connectivity index (χ0n) is 18.7. The second-order valence-corrected chi connectivity index (χ2v) is 8.10. The van der Waals surface area contributed by atoms with E-state index in [2.05, 4.69) is 18.7 Å². The van der Waals surface area contributed by atoms with Gasteiger partial charge >= 0.3 is 0 Å². The third kappa shape index (κ3) is 4.97. The molecule has 0 radical (unpaired) electrons. The molecule has 3 rings (SSSR count). The lowest BCUT2D eigenvalue weighted by Gasteiger charge is -2.27. The molecule has 7 heteroatoms. The Bertz CT molecular complexity index is 1020. The summed E-state index contributed by atoms with van der Waals surface area (Å²) in [5.74, 6) is -0.989. The smallest absolute Gasteiger partial charge is 0.295 e. The number of likely N-dealkylation sites (tertiary alicyclic amines) is 1. The van der Waals surface area contributed by atoms with E-state index in [0.717, 1.165) is 19.6 Å². The summed E-state index contributed by atoms with van der Waals surface area (Å²) in [7, 11) is 1.53. The molecule has 0 aromatic heterocycles. The van der Waals surface area contributed by atoms with E-state index in [0.29, 0.717) is 34.9 Å². The van der Waals surface area contributed by atoms with Gasteiger partial charge in [0, 0.05) is 17.1 Å². The lowest BCUT2D eigenvalue weighted by molar-refractivity contribution is -0.140. The number of aliphatic hydroxyl groups excluding tert-OH is 1. The Hall–Kier alpha value is -2.83. The van der Waals surface area contributed by atoms with Crippen LogP contribution in [-0.2, 0) is 9.59 Å². The van der Waals surface area contributed by atoms with Gasteiger partial charge in [0.2, 0.25) is 0 Å². The number of carbonyl (C=O) groups is 2. The van der Waals surface area contributed by atoms with Crippen molar-refractivity contribution in [1.82, 2.24) is 9.80 Å². The monoisotopic (exact) mass is 456 g/mol. The lowest BCUT2D eigenvalue weighted by Crippen LogP contribution is -2.33. The normalized spacial score (nSPS) is 17.9. The molecule has 0 unspecified atom stereocenters. The van der Waals surface area contributed by atoms with Crippen LogP contribution in [0.3, 0.4) is 0 Å². The van der Waals surface area contributed by atoms with Crippen LogP contribution >= 0.6 is 11.6 Å². The predicted molar refractivity (Wildman–Crippen MR) is 126 cm³/mol. The fourth-order valence-electron chi connectivity index (χ4n) is 4.06. The summed E-state index contributed by atoms with van der Waals surface area (Å²) in [6.07, 6.45) is 0.713. The molecule has 1 aliphatic rings. The molecule has 1 amide bonds. The average molecular weight is 457 g/mol. The Morgan fingerprint density at radius 2 is 1.84 bits per heavy atom. The third-order valence-electron chi connectivity index (χ3n) is 5.82. The number of aliphatic hydroxyl groups is 1. The summed E-state index contributed by atoms with van der Waals surface area (Å²) in [5, 5.41) is 11.6. The van der Waals surface area contributed by atoms with Gasteiger partial charge in [-0.3, -0.25) is 9.59 Å². The van der Waals surface area contributed by atoms with Crippen molar-refractivity contribution in [2.75, 3.05) is 33.3 Å². The highest BCUT2D eigenvalue weighted by Gasteiger charge is 2.45. The number of hydrogen-bond donors (Lipinski definition) is 1. The van der Waals surface area contributed by atoms with Gasteiger partial charge in [-0.2, -0.15) is 0 Å². The van der Waals surface area contributed by atoms with Crippen molar-refractivity contribution < 1.29 is 19.4 Å². The number of ether oxygens (including phenoxy) is 1. The van der Waals surface area contributed by atoms with Crippen molar-refractivity contribution in [3.63, 3.8) is 0 Å². The molecular formula is C25H29ClN2O4. The van der Waals surface area contributed by atoms with Crippen LogP contribution in [0.15, 0.2) is 54.1 Å². The summed E-state index contributed by atoms with van der Waals surface area (Å²) in [4.78, 5) is 29.9. The van der Waals surface area contributed by atoms with E-state index in [1.54, 1.807) is 47.4 Å². The van der Waals surface area contributed by atoms with Crippen molar-refractivity contribution in [2.45, 2.75) is 26.3 Å². The first-order valence-corrected chi connectivity index (χ1v) is 11.2. The fraction of sp³-hybridized carbons (Fsp3) is 0.360. The van der Waals surface area contributed by atoms with Crippen molar-refractivity contribution in [3.05, 3.63) is 70.3 Å². The Labute approximate surface area is 194 Å². The number of halogens is 1. The van der Waals surface area contributed by atoms with Gasteiger partial charge in [-0.05, 0) is 55.9 Å². The largest absolute Gasteiger partial charge is 0.507 e. The maximum Gasteiger partial charge on any atom is 0.295 e. The van der Waals surface area contributed by atoms with Crippen LogP contribution in [0.5, 0.6) is 5.75 Å². The predicted octanol–water partition coefficient (Wildman–Crippen LogP) is 4.50. The van der Waals surface area contributed by atoms with E-state index < -0.39 is 17.7 Å². The Kier molecular flexibility index (Phi) is 7.94. The minimum Gasteiger partial charge on any atom is -0.507 e. The molecule has 170 valence electrons. The molecule has 2 aromatic rings. The van der Waals surface area contributed by atoms with E-state index in [9.17, 15) is 14.7 Å². The first kappa shape index (κ1) is 23.8. The van der Waals surface area contributed by atoms with E-state index in [4.69, 9.17) is 16.3 Å². The minimum absolute atomic E-state index is 0.0633. The first-order chi connectivity index (χ1) is 15.4. The zero-order chi connectivity index (χ0) is 23.3. The van der Waals surface area contributed by atoms with E-state index in [1.807, 2.05) is 6.07 Å². The van der Waals surface area contributed by atoms with Gasteiger partial charge in [-0.25, -0.2) is 0 Å². The number of benzene rings is 2. The highest BCUT2D eigenvalue weighted by Crippen LogP contribution is 2.40. The Morgan fingerprint density at radius 1 is 1.12 bits per heavy atom. The molecule has 6 nitrogen and oxygen atoms in total. The molecule has 0 aliphatic carbocycles. The number of hydrogen-bond acceptors (Lipinski definition) is 5. The summed E-state index contributed by atoms with van der Waals surface area (Å²) in [6.45, 7) is 7.23. The molecule has 1 saturated heterocycles. The van der Waals surface area contributed by atoms with Gasteiger partial charge in [0.15, 0.2) is 0 Å². The number of methoxy groups -OCH3 is 1. The van der Waals surface area contributed by atoms with Crippen molar-refractivity contribution in [3.8, 4) is 5.75 Å². The average Bonchev–Trinajstić information content (AvgIpc) is 3.06. The Morgan fingerprint density at radius 3 is 2.50 bits per heavy atom. The fourth-order valence-corrected chi connectivity index (χ4v) is 4.26. The topological polar surface area (TPSA) is 70.1 Å². The van der Waals surface area contributed by atoms with Crippen LogP contribution in [-0.4, -0.2) is 59.9 Å². The van der Waals surface area contributed by atoms with Crippen LogP contribution in [0, 0.1) is 0 Å². The molecule has 1 aliphatic heterocycles. The summed E-state index contributed by atoms with van der Waals surface area (Å²) in [6, 6.07) is 13.1. The van der Waals surface area contributed by atoms with Crippen molar-refractivity contribution in [1.29, 1.82) is 0 Å². The number of amides is 1. The molecule has 32 heavy (non-hydrogen) atoms. The SMILES string of the molecule is CCN(CC)CCCN1C(=O)C(=O)C(=C(O)c2cccc(OC)c2)[C@H]1c1cccc(Cl)c1. The zero-order valence-corrected chi connectivity index (χ0v) is 19.4. The van der Waals surface area contributed by atoms with Gasteiger partial charge in [0.1, 0.15) is 11.5 Å². The van der Waals surface area contributed by atoms with Gasteiger partial charge in [-0.15, -0.1) is 0 Å². The molecule has 0 bridgehead atoms. The third-order valence-corrected chi connectivity index (χ3v) is 6.05. The molecule has 0 spiro atoms. The number of Topliss-reactive ketones (excluding diaryl/α,β-unsaturated/α-hetero) is 1. The standard InChI is InChI=1S/C25H29ClN2O4/c1-4-27(5-2)13-8-14-28-22(17-9-6-11-19(26)15-17)21(24(30)25(28)31)23(29)18-10-7-12-20(16-18)32-3/h6-7,9-12,15-16,22,29H,4-5,8,13-14H2,1-3H3/t22-/m1/s1. The van der Waals surface area contributed by atoms with E-state index in [1.165, 1.54) is 7.11 Å². The molecule has 1 heterocycles. The van der Waals surface area contributed by atoms with Crippen LogP contribution in [0.4, 0.5) is 0 Å². The van der Waals surface area contributed by atoms with E-state index >= 15 is 0 Å². The van der Waals surface area contributed by atoms with Gasteiger partial charge in [-0.1, -0.05) is 49.7 Å². The van der Waals surface area contributed by atoms with Crippen LogP contribution in [0.2, 0.25) is 5.02 Å². The number of nitrogens with zero attached hydrogens (tertiary/aromatic N) is 2. The highest BCUT2D eigenvalue weighted by molar-refractivity contribution is 6.46. The maximum absolute atomic E-state index is 13.1. The Balaban J connectivity index is 2.04. The van der Waals surface area contributed by atoms with Crippen LogP contribution in [0.25, 0.3) is 5.76 Å². The molecule has 1 N–H and O–H groups in total. The molecule has 1 atom stereocenters. The van der Waals surface area contributed by atoms with Crippen LogP contribution in [0.1, 0.15) is 37.4 Å². The maximum atomic E-state index is 13.1. The first-order valence-electron chi connectivity index (χ1n) is 10.8. The second kappa shape index (κ2) is 10.7. The summed E-state index contributed by atoms with van der Waals surface area (Å²) >= 11 is 6.22. The molecule has 0 saturated carbocycles. The van der Waals surface area contributed by atoms with Crippen LogP contribution < -0.4 is 4.74 Å². The van der Waals surface area contributed by atoms with Gasteiger partial charge in [0.05, 0.1) is 18.7 Å². The molecule has 2 aromatic carbocycles. The highest BCUT2D eigenvalue weighted by atomic mass is 35.5. The molecule has 1 fully saturated rings. The lowest BCUT2D eigenvalue weighted by atomic mass is 9.95. The van der Waals surface area contributed by atoms with Crippen molar-refractivity contribution in [2.24, 2.45) is 0 Å².